The zero-order valence-electron chi connectivity index (χ0n) is 16.7. The van der Waals surface area contributed by atoms with Gasteiger partial charge < -0.3 is 10.7 Å². The molecule has 0 saturated heterocycles. The maximum atomic E-state index is 14.7. The molecule has 3 N–H and O–H groups in total. The van der Waals surface area contributed by atoms with Crippen LogP contribution in [0, 0.1) is 11.6 Å². The zero-order valence-corrected chi connectivity index (χ0v) is 16.7. The fourth-order valence-electron chi connectivity index (χ4n) is 3.78. The average Bonchev–Trinajstić information content (AvgIpc) is 3.36. The number of ketones is 1. The third kappa shape index (κ3) is 2.94. The average molecular weight is 431 g/mol. The summed E-state index contributed by atoms with van der Waals surface area (Å²) in [4.78, 5) is 31.7. The number of amides is 1. The van der Waals surface area contributed by atoms with Gasteiger partial charge in [0.2, 0.25) is 5.78 Å². The lowest BCUT2D eigenvalue weighted by Crippen LogP contribution is -2.17. The molecule has 0 spiro atoms. The van der Waals surface area contributed by atoms with Crippen LogP contribution in [0.5, 0.6) is 0 Å². The van der Waals surface area contributed by atoms with Crippen LogP contribution in [0.1, 0.15) is 26.3 Å². The van der Waals surface area contributed by atoms with Gasteiger partial charge in [-0.2, -0.15) is 5.10 Å². The number of hydrogen-bond donors (Lipinski definition) is 2. The van der Waals surface area contributed by atoms with Crippen molar-refractivity contribution in [2.24, 2.45) is 12.8 Å². The van der Waals surface area contributed by atoms with Gasteiger partial charge in [0, 0.05) is 41.3 Å². The second-order valence-electron chi connectivity index (χ2n) is 7.34. The Hall–Kier alpha value is -4.40. The molecular formula is C23H15F2N5O2. The third-order valence-electron chi connectivity index (χ3n) is 5.44. The van der Waals surface area contributed by atoms with Crippen molar-refractivity contribution in [3.8, 4) is 11.1 Å². The predicted molar refractivity (Wildman–Crippen MR) is 114 cm³/mol. The number of nitrogens with one attached hydrogen (secondary N) is 1. The van der Waals surface area contributed by atoms with E-state index >= 15 is 0 Å². The lowest BCUT2D eigenvalue weighted by atomic mass is 9.98. The number of halogens is 2. The Labute approximate surface area is 179 Å². The smallest absolute Gasteiger partial charge is 0.251 e. The number of fused-ring (bicyclic) bond motifs is 2. The molecule has 0 aliphatic heterocycles. The molecule has 0 saturated carbocycles. The van der Waals surface area contributed by atoms with E-state index < -0.39 is 34.5 Å². The SMILES string of the molecule is Cn1ncc2cc(-c3cnc4[nH]cc(C(=O)c5c(F)ccc(C(N)=O)c5F)c4c3)ccc21. The van der Waals surface area contributed by atoms with Gasteiger partial charge in [0.15, 0.2) is 0 Å². The van der Waals surface area contributed by atoms with Crippen LogP contribution in [0.4, 0.5) is 8.78 Å². The number of nitrogens with zero attached hydrogens (tertiary/aromatic N) is 3. The van der Waals surface area contributed by atoms with Crippen LogP contribution < -0.4 is 5.73 Å². The molecule has 5 rings (SSSR count). The number of nitrogens with two attached hydrogens (primary N) is 1. The Morgan fingerprint density at radius 3 is 2.62 bits per heavy atom. The van der Waals surface area contributed by atoms with Gasteiger partial charge in [-0.3, -0.25) is 14.3 Å². The molecule has 3 aromatic heterocycles. The molecule has 158 valence electrons. The number of carbonyl (C=O) groups is 2. The Kier molecular flexibility index (Phi) is 4.33. The highest BCUT2D eigenvalue weighted by Crippen LogP contribution is 2.29. The van der Waals surface area contributed by atoms with Crippen LogP contribution in [-0.2, 0) is 7.05 Å². The van der Waals surface area contributed by atoms with Crippen LogP contribution in [0.2, 0.25) is 0 Å². The first kappa shape index (κ1) is 19.6. The predicted octanol–water partition coefficient (Wildman–Crippen LogP) is 3.72. The van der Waals surface area contributed by atoms with E-state index in [1.54, 1.807) is 23.1 Å². The number of rotatable bonds is 4. The van der Waals surface area contributed by atoms with Crippen LogP contribution in [0.25, 0.3) is 33.1 Å². The van der Waals surface area contributed by atoms with Crippen molar-refractivity contribution in [1.29, 1.82) is 0 Å². The monoisotopic (exact) mass is 431 g/mol. The van der Waals surface area contributed by atoms with Crippen molar-refractivity contribution in [3.63, 3.8) is 0 Å². The maximum Gasteiger partial charge on any atom is 0.251 e. The van der Waals surface area contributed by atoms with Crippen molar-refractivity contribution in [2.45, 2.75) is 0 Å². The lowest BCUT2D eigenvalue weighted by Gasteiger charge is -2.07. The van der Waals surface area contributed by atoms with Gasteiger partial charge in [0.1, 0.15) is 17.3 Å². The molecule has 9 heteroatoms. The number of hydrogen-bond acceptors (Lipinski definition) is 4. The first-order valence-corrected chi connectivity index (χ1v) is 9.57. The van der Waals surface area contributed by atoms with Crippen molar-refractivity contribution < 1.29 is 18.4 Å². The highest BCUT2D eigenvalue weighted by Gasteiger charge is 2.26. The van der Waals surface area contributed by atoms with E-state index in [1.807, 2.05) is 25.2 Å². The number of H-pyrrole nitrogens is 1. The molecule has 1 amide bonds. The van der Waals surface area contributed by atoms with Gasteiger partial charge in [-0.1, -0.05) is 6.07 Å². The quantitative estimate of drug-likeness (QED) is 0.423. The summed E-state index contributed by atoms with van der Waals surface area (Å²) in [6.07, 6.45) is 4.72. The van der Waals surface area contributed by atoms with Gasteiger partial charge in [0.25, 0.3) is 5.91 Å². The second kappa shape index (κ2) is 7.09. The van der Waals surface area contributed by atoms with E-state index in [0.29, 0.717) is 16.6 Å². The van der Waals surface area contributed by atoms with E-state index in [2.05, 4.69) is 15.1 Å². The summed E-state index contributed by atoms with van der Waals surface area (Å²) in [5.41, 5.74) is 6.65. The topological polar surface area (TPSA) is 107 Å². The van der Waals surface area contributed by atoms with E-state index in [1.165, 1.54) is 6.20 Å². The fourth-order valence-corrected chi connectivity index (χ4v) is 3.78. The third-order valence-corrected chi connectivity index (χ3v) is 5.44. The second-order valence-corrected chi connectivity index (χ2v) is 7.34. The van der Waals surface area contributed by atoms with Crippen LogP contribution in [-0.4, -0.2) is 31.4 Å². The number of benzene rings is 2. The highest BCUT2D eigenvalue weighted by atomic mass is 19.1. The molecule has 5 aromatic rings. The summed E-state index contributed by atoms with van der Waals surface area (Å²) in [7, 11) is 1.85. The number of pyridine rings is 1. The molecular weight excluding hydrogens is 416 g/mol. The molecule has 7 nitrogen and oxygen atoms in total. The Morgan fingerprint density at radius 2 is 1.84 bits per heavy atom. The zero-order chi connectivity index (χ0) is 22.6. The van der Waals surface area contributed by atoms with Crippen molar-refractivity contribution >= 4 is 33.6 Å². The van der Waals surface area contributed by atoms with Crippen LogP contribution in [0.3, 0.4) is 0 Å². The van der Waals surface area contributed by atoms with Gasteiger partial charge in [0.05, 0.1) is 22.8 Å². The maximum absolute atomic E-state index is 14.7. The van der Waals surface area contributed by atoms with Gasteiger partial charge in [-0.15, -0.1) is 0 Å². The largest absolute Gasteiger partial charge is 0.366 e. The standard InChI is InChI=1S/C23H15F2N5O2/c1-30-18-5-2-11(6-13(18)9-29-30)12-7-15-16(10-28-23(15)27-8-12)21(31)19-17(24)4-3-14(20(19)25)22(26)32/h2-10H,1H3,(H2,26,32)(H,27,28). The van der Waals surface area contributed by atoms with E-state index in [0.717, 1.165) is 28.6 Å². The normalized spacial score (nSPS) is 11.3. The molecule has 0 unspecified atom stereocenters. The minimum absolute atomic E-state index is 0.0243. The minimum atomic E-state index is -1.29. The highest BCUT2D eigenvalue weighted by molar-refractivity contribution is 6.17. The number of primary amides is 1. The van der Waals surface area contributed by atoms with Gasteiger partial charge in [-0.05, 0) is 35.9 Å². The summed E-state index contributed by atoms with van der Waals surface area (Å²) in [5, 5.41) is 5.55. The summed E-state index contributed by atoms with van der Waals surface area (Å²) in [6.45, 7) is 0. The van der Waals surface area contributed by atoms with Crippen LogP contribution >= 0.6 is 0 Å². The van der Waals surface area contributed by atoms with Crippen molar-refractivity contribution in [2.75, 3.05) is 0 Å². The number of aryl methyl sites for hydroxylation is 1. The number of aromatic amines is 1. The Morgan fingerprint density at radius 1 is 1.03 bits per heavy atom. The molecule has 3 heterocycles. The summed E-state index contributed by atoms with van der Waals surface area (Å²) < 4.78 is 30.9. The summed E-state index contributed by atoms with van der Waals surface area (Å²) in [6, 6.07) is 9.24. The van der Waals surface area contributed by atoms with Gasteiger partial charge >= 0.3 is 0 Å². The van der Waals surface area contributed by atoms with E-state index in [-0.39, 0.29) is 5.56 Å². The number of aromatic nitrogens is 4. The van der Waals surface area contributed by atoms with Crippen molar-refractivity contribution in [1.82, 2.24) is 19.7 Å². The van der Waals surface area contributed by atoms with Crippen molar-refractivity contribution in [3.05, 3.63) is 83.3 Å². The van der Waals surface area contributed by atoms with E-state index in [4.69, 9.17) is 5.73 Å². The van der Waals surface area contributed by atoms with Crippen LogP contribution in [0.15, 0.2) is 55.0 Å². The molecule has 32 heavy (non-hydrogen) atoms. The Balaban J connectivity index is 1.64. The molecule has 0 aliphatic carbocycles. The molecule has 0 bridgehead atoms. The minimum Gasteiger partial charge on any atom is -0.366 e. The fraction of sp³-hybridized carbons (Fsp3) is 0.0435. The number of carbonyl (C=O) groups excluding carboxylic acids is 2. The lowest BCUT2D eigenvalue weighted by molar-refractivity contribution is 0.0996. The molecule has 0 aliphatic rings. The molecule has 0 fully saturated rings. The first-order valence-electron chi connectivity index (χ1n) is 9.57. The summed E-state index contributed by atoms with van der Waals surface area (Å²) >= 11 is 0. The first-order chi connectivity index (χ1) is 15.3. The molecule has 2 aromatic carbocycles. The van der Waals surface area contributed by atoms with E-state index in [9.17, 15) is 18.4 Å². The molecule has 0 atom stereocenters. The van der Waals surface area contributed by atoms with Gasteiger partial charge in [-0.25, -0.2) is 13.8 Å². The summed E-state index contributed by atoms with van der Waals surface area (Å²) in [5.74, 6) is -4.39. The molecule has 0 radical (unpaired) electrons. The Bertz CT molecular complexity index is 1570.